The molecule has 1 atom stereocenters. The quantitative estimate of drug-likeness (QED) is 0.644. The van der Waals surface area contributed by atoms with Gasteiger partial charge in [-0.15, -0.1) is 0 Å². The van der Waals surface area contributed by atoms with Gasteiger partial charge in [0.15, 0.2) is 0 Å². The summed E-state index contributed by atoms with van der Waals surface area (Å²) in [5, 5.41) is 3.42. The Bertz CT molecular complexity index is 642. The Morgan fingerprint density at radius 3 is 2.76 bits per heavy atom. The van der Waals surface area contributed by atoms with Crippen molar-refractivity contribution >= 4 is 38.5 Å². The standard InChI is InChI=1S/C17H17BrINO/c1-20-17(15-10-12(18)5-8-16(15)19)11-3-2-4-14(9-11)21-13-6-7-13/h2-5,8-10,13,17,20H,6-7H2,1H3. The molecular weight excluding hydrogens is 441 g/mol. The van der Waals surface area contributed by atoms with Crippen molar-refractivity contribution < 1.29 is 4.74 Å². The third kappa shape index (κ3) is 3.79. The average molecular weight is 458 g/mol. The van der Waals surface area contributed by atoms with E-state index in [-0.39, 0.29) is 6.04 Å². The summed E-state index contributed by atoms with van der Waals surface area (Å²) in [5.74, 6) is 0.972. The Labute approximate surface area is 147 Å². The second kappa shape index (κ2) is 6.67. The molecule has 2 aromatic rings. The van der Waals surface area contributed by atoms with Crippen LogP contribution < -0.4 is 10.1 Å². The Hall–Kier alpha value is -0.590. The molecule has 1 aliphatic rings. The molecule has 2 nitrogen and oxygen atoms in total. The highest BCUT2D eigenvalue weighted by Gasteiger charge is 2.24. The van der Waals surface area contributed by atoms with E-state index in [9.17, 15) is 0 Å². The van der Waals surface area contributed by atoms with Crippen LogP contribution in [-0.2, 0) is 0 Å². The molecule has 0 aliphatic heterocycles. The van der Waals surface area contributed by atoms with Crippen molar-refractivity contribution in [1.82, 2.24) is 5.32 Å². The maximum atomic E-state index is 5.91. The Morgan fingerprint density at radius 2 is 2.05 bits per heavy atom. The summed E-state index contributed by atoms with van der Waals surface area (Å²) in [5.41, 5.74) is 2.50. The molecule has 0 bridgehead atoms. The normalized spacial score (nSPS) is 15.8. The van der Waals surface area contributed by atoms with Crippen LogP contribution in [0.4, 0.5) is 0 Å². The van der Waals surface area contributed by atoms with Gasteiger partial charge in [-0.05, 0) is 83.9 Å². The summed E-state index contributed by atoms with van der Waals surface area (Å²) in [7, 11) is 2.00. The second-order valence-corrected chi connectivity index (χ2v) is 7.36. The van der Waals surface area contributed by atoms with Gasteiger partial charge < -0.3 is 10.1 Å². The van der Waals surface area contributed by atoms with Crippen LogP contribution in [0.15, 0.2) is 46.9 Å². The molecule has 3 rings (SSSR count). The lowest BCUT2D eigenvalue weighted by Crippen LogP contribution is -2.19. The first kappa shape index (κ1) is 15.3. The van der Waals surface area contributed by atoms with E-state index in [1.165, 1.54) is 27.5 Å². The minimum atomic E-state index is 0.164. The second-order valence-electron chi connectivity index (χ2n) is 5.28. The summed E-state index contributed by atoms with van der Waals surface area (Å²) >= 11 is 5.95. The number of rotatable bonds is 5. The van der Waals surface area contributed by atoms with Gasteiger partial charge in [0, 0.05) is 8.04 Å². The molecule has 21 heavy (non-hydrogen) atoms. The molecule has 1 N–H and O–H groups in total. The minimum absolute atomic E-state index is 0.164. The van der Waals surface area contributed by atoms with Gasteiger partial charge in [0.2, 0.25) is 0 Å². The molecule has 0 saturated heterocycles. The molecule has 2 aromatic carbocycles. The summed E-state index contributed by atoms with van der Waals surface area (Å²) in [6.07, 6.45) is 2.80. The van der Waals surface area contributed by atoms with Crippen molar-refractivity contribution in [2.75, 3.05) is 7.05 Å². The van der Waals surface area contributed by atoms with E-state index < -0.39 is 0 Å². The van der Waals surface area contributed by atoms with Gasteiger partial charge >= 0.3 is 0 Å². The minimum Gasteiger partial charge on any atom is -0.490 e. The molecule has 0 radical (unpaired) electrons. The largest absolute Gasteiger partial charge is 0.490 e. The lowest BCUT2D eigenvalue weighted by Gasteiger charge is -2.20. The number of hydrogen-bond donors (Lipinski definition) is 1. The molecule has 1 unspecified atom stereocenters. The fourth-order valence-corrected chi connectivity index (χ4v) is 3.41. The fraction of sp³-hybridized carbons (Fsp3) is 0.294. The van der Waals surface area contributed by atoms with E-state index in [1.807, 2.05) is 13.1 Å². The first-order valence-electron chi connectivity index (χ1n) is 7.06. The highest BCUT2D eigenvalue weighted by atomic mass is 127. The zero-order valence-electron chi connectivity index (χ0n) is 11.8. The SMILES string of the molecule is CNC(c1cccc(OC2CC2)c1)c1cc(Br)ccc1I. The zero-order chi connectivity index (χ0) is 14.8. The molecular formula is C17H17BrINO. The lowest BCUT2D eigenvalue weighted by atomic mass is 9.99. The monoisotopic (exact) mass is 457 g/mol. The third-order valence-electron chi connectivity index (χ3n) is 3.58. The van der Waals surface area contributed by atoms with Crippen LogP contribution in [0.2, 0.25) is 0 Å². The average Bonchev–Trinajstić information content (AvgIpc) is 3.28. The molecule has 0 heterocycles. The van der Waals surface area contributed by atoms with E-state index in [4.69, 9.17) is 4.74 Å². The number of halogens is 2. The lowest BCUT2D eigenvalue weighted by molar-refractivity contribution is 0.302. The molecule has 0 spiro atoms. The number of benzene rings is 2. The first-order valence-corrected chi connectivity index (χ1v) is 8.93. The number of hydrogen-bond acceptors (Lipinski definition) is 2. The van der Waals surface area contributed by atoms with Gasteiger partial charge in [0.25, 0.3) is 0 Å². The van der Waals surface area contributed by atoms with Crippen molar-refractivity contribution in [2.45, 2.75) is 25.0 Å². The third-order valence-corrected chi connectivity index (χ3v) is 5.05. The van der Waals surface area contributed by atoms with Crippen LogP contribution in [0.25, 0.3) is 0 Å². The smallest absolute Gasteiger partial charge is 0.120 e. The van der Waals surface area contributed by atoms with Crippen LogP contribution in [0.5, 0.6) is 5.75 Å². The highest BCUT2D eigenvalue weighted by molar-refractivity contribution is 14.1. The van der Waals surface area contributed by atoms with Crippen LogP contribution in [0.1, 0.15) is 30.0 Å². The summed E-state index contributed by atoms with van der Waals surface area (Å²) in [6.45, 7) is 0. The van der Waals surface area contributed by atoms with Gasteiger partial charge in [-0.1, -0.05) is 28.1 Å². The van der Waals surface area contributed by atoms with Gasteiger partial charge in [-0.25, -0.2) is 0 Å². The Morgan fingerprint density at radius 1 is 1.24 bits per heavy atom. The predicted molar refractivity (Wildman–Crippen MR) is 97.9 cm³/mol. The molecule has 110 valence electrons. The summed E-state index contributed by atoms with van der Waals surface area (Å²) < 4.78 is 8.27. The van der Waals surface area contributed by atoms with Crippen molar-refractivity contribution in [3.05, 3.63) is 61.6 Å². The first-order chi connectivity index (χ1) is 10.2. The zero-order valence-corrected chi connectivity index (χ0v) is 15.5. The molecule has 1 aliphatic carbocycles. The van der Waals surface area contributed by atoms with Crippen molar-refractivity contribution in [1.29, 1.82) is 0 Å². The Kier molecular flexibility index (Phi) is 4.86. The van der Waals surface area contributed by atoms with Crippen molar-refractivity contribution in [3.63, 3.8) is 0 Å². The summed E-state index contributed by atoms with van der Waals surface area (Å²) in [4.78, 5) is 0. The van der Waals surface area contributed by atoms with Crippen LogP contribution in [0.3, 0.4) is 0 Å². The predicted octanol–water partition coefficient (Wildman–Crippen LogP) is 4.90. The van der Waals surface area contributed by atoms with E-state index in [0.717, 1.165) is 10.2 Å². The number of ether oxygens (including phenoxy) is 1. The molecule has 1 fully saturated rings. The van der Waals surface area contributed by atoms with E-state index >= 15 is 0 Å². The van der Waals surface area contributed by atoms with E-state index in [0.29, 0.717) is 6.10 Å². The van der Waals surface area contributed by atoms with E-state index in [2.05, 4.69) is 80.2 Å². The molecule has 0 amide bonds. The summed E-state index contributed by atoms with van der Waals surface area (Å²) in [6, 6.07) is 15.0. The topological polar surface area (TPSA) is 21.3 Å². The maximum absolute atomic E-state index is 5.91. The van der Waals surface area contributed by atoms with Gasteiger partial charge in [0.1, 0.15) is 5.75 Å². The molecule has 4 heteroatoms. The Balaban J connectivity index is 1.93. The fourth-order valence-electron chi connectivity index (χ4n) is 2.38. The van der Waals surface area contributed by atoms with Crippen molar-refractivity contribution in [3.8, 4) is 5.75 Å². The van der Waals surface area contributed by atoms with Gasteiger partial charge in [-0.2, -0.15) is 0 Å². The van der Waals surface area contributed by atoms with E-state index in [1.54, 1.807) is 0 Å². The van der Waals surface area contributed by atoms with Crippen LogP contribution in [-0.4, -0.2) is 13.2 Å². The van der Waals surface area contributed by atoms with Crippen LogP contribution in [0, 0.1) is 3.57 Å². The molecule has 1 saturated carbocycles. The number of nitrogens with one attached hydrogen (secondary N) is 1. The van der Waals surface area contributed by atoms with Gasteiger partial charge in [-0.3, -0.25) is 0 Å². The van der Waals surface area contributed by atoms with Crippen LogP contribution >= 0.6 is 38.5 Å². The highest BCUT2D eigenvalue weighted by Crippen LogP contribution is 2.32. The maximum Gasteiger partial charge on any atom is 0.120 e. The van der Waals surface area contributed by atoms with Crippen molar-refractivity contribution in [2.24, 2.45) is 0 Å². The molecule has 0 aromatic heterocycles. The van der Waals surface area contributed by atoms with Gasteiger partial charge in [0.05, 0.1) is 12.1 Å².